The highest BCUT2D eigenvalue weighted by Crippen LogP contribution is 2.12. The minimum absolute atomic E-state index is 0.00101. The summed E-state index contributed by atoms with van der Waals surface area (Å²) >= 11 is 0. The van der Waals surface area contributed by atoms with Gasteiger partial charge >= 0.3 is 0 Å². The fourth-order valence-corrected chi connectivity index (χ4v) is 2.07. The van der Waals surface area contributed by atoms with E-state index in [-0.39, 0.29) is 5.91 Å². The van der Waals surface area contributed by atoms with Gasteiger partial charge in [0.05, 0.1) is 12.9 Å². The molecule has 0 radical (unpaired) electrons. The van der Waals surface area contributed by atoms with Crippen LogP contribution >= 0.6 is 0 Å². The number of benzene rings is 1. The zero-order valence-electron chi connectivity index (χ0n) is 12.4. The molecule has 0 aliphatic carbocycles. The second kappa shape index (κ2) is 8.21. The van der Waals surface area contributed by atoms with Gasteiger partial charge in [0, 0.05) is 24.6 Å². The molecule has 2 N–H and O–H groups in total. The molecule has 0 bridgehead atoms. The Bertz CT molecular complexity index is 551. The van der Waals surface area contributed by atoms with Gasteiger partial charge in [-0.15, -0.1) is 0 Å². The Morgan fingerprint density at radius 3 is 2.90 bits per heavy atom. The number of hydrogen-bond acceptors (Lipinski definition) is 3. The number of carbonyl (C=O) groups excluding carboxylic acids is 1. The molecule has 0 aliphatic rings. The van der Waals surface area contributed by atoms with Crippen molar-refractivity contribution in [2.45, 2.75) is 26.3 Å². The van der Waals surface area contributed by atoms with E-state index in [0.717, 1.165) is 37.2 Å². The van der Waals surface area contributed by atoms with E-state index >= 15 is 0 Å². The second-order valence-corrected chi connectivity index (χ2v) is 5.05. The van der Waals surface area contributed by atoms with E-state index < -0.39 is 0 Å². The third-order valence-electron chi connectivity index (χ3n) is 3.28. The van der Waals surface area contributed by atoms with Gasteiger partial charge in [-0.1, -0.05) is 18.2 Å². The number of para-hydroxylation sites is 1. The van der Waals surface area contributed by atoms with Crippen LogP contribution in [0, 0.1) is 6.92 Å². The van der Waals surface area contributed by atoms with E-state index in [1.165, 1.54) is 0 Å². The monoisotopic (exact) mass is 286 g/mol. The van der Waals surface area contributed by atoms with E-state index in [9.17, 15) is 4.79 Å². The van der Waals surface area contributed by atoms with Gasteiger partial charge in [0.1, 0.15) is 0 Å². The summed E-state index contributed by atoms with van der Waals surface area (Å²) in [6.45, 7) is 4.14. The molecule has 5 nitrogen and oxygen atoms in total. The standard InChI is InChI=1S/C16H22N4O/c1-14-6-2-3-7-15(14)19-16(21)12-17-8-4-5-10-20-11-9-18-13-20/h2-3,6-7,9,11,13,17H,4-5,8,10,12H2,1H3,(H,19,21). The first kappa shape index (κ1) is 15.3. The fraction of sp³-hybridized carbons (Fsp3) is 0.375. The number of aromatic nitrogens is 2. The van der Waals surface area contributed by atoms with Gasteiger partial charge < -0.3 is 15.2 Å². The summed E-state index contributed by atoms with van der Waals surface area (Å²) in [5, 5.41) is 6.08. The van der Waals surface area contributed by atoms with Crippen molar-refractivity contribution in [3.8, 4) is 0 Å². The van der Waals surface area contributed by atoms with Crippen LogP contribution in [0.15, 0.2) is 43.0 Å². The number of unbranched alkanes of at least 4 members (excludes halogenated alkanes) is 1. The van der Waals surface area contributed by atoms with Crippen LogP contribution < -0.4 is 10.6 Å². The fourth-order valence-electron chi connectivity index (χ4n) is 2.07. The SMILES string of the molecule is Cc1ccccc1NC(=O)CNCCCCn1ccnc1. The Morgan fingerprint density at radius 2 is 2.14 bits per heavy atom. The number of aryl methyl sites for hydroxylation is 2. The average molecular weight is 286 g/mol. The first-order valence-corrected chi connectivity index (χ1v) is 7.27. The van der Waals surface area contributed by atoms with Crippen LogP contribution in [-0.4, -0.2) is 28.5 Å². The van der Waals surface area contributed by atoms with Crippen molar-refractivity contribution in [1.82, 2.24) is 14.9 Å². The van der Waals surface area contributed by atoms with Crippen molar-refractivity contribution in [1.29, 1.82) is 0 Å². The average Bonchev–Trinajstić information content (AvgIpc) is 2.98. The summed E-state index contributed by atoms with van der Waals surface area (Å²) in [5.74, 6) is -0.00101. The van der Waals surface area contributed by atoms with E-state index in [4.69, 9.17) is 0 Å². The number of nitrogens with one attached hydrogen (secondary N) is 2. The number of imidazole rings is 1. The molecule has 2 rings (SSSR count). The van der Waals surface area contributed by atoms with Gasteiger partial charge in [0.2, 0.25) is 5.91 Å². The molecule has 1 aromatic heterocycles. The van der Waals surface area contributed by atoms with Crippen molar-refractivity contribution in [2.24, 2.45) is 0 Å². The first-order valence-electron chi connectivity index (χ1n) is 7.27. The maximum Gasteiger partial charge on any atom is 0.238 e. The van der Waals surface area contributed by atoms with Crippen molar-refractivity contribution < 1.29 is 4.79 Å². The highest BCUT2D eigenvalue weighted by Gasteiger charge is 2.03. The van der Waals surface area contributed by atoms with Crippen LogP contribution in [0.2, 0.25) is 0 Å². The Balaban J connectivity index is 1.56. The molecule has 2 aromatic rings. The lowest BCUT2D eigenvalue weighted by Crippen LogP contribution is -2.29. The van der Waals surface area contributed by atoms with Crippen molar-refractivity contribution >= 4 is 11.6 Å². The molecule has 112 valence electrons. The van der Waals surface area contributed by atoms with Crippen LogP contribution in [0.4, 0.5) is 5.69 Å². The normalized spacial score (nSPS) is 10.5. The lowest BCUT2D eigenvalue weighted by atomic mass is 10.2. The van der Waals surface area contributed by atoms with Crippen molar-refractivity contribution in [3.63, 3.8) is 0 Å². The van der Waals surface area contributed by atoms with Gasteiger partial charge in [-0.3, -0.25) is 4.79 Å². The zero-order chi connectivity index (χ0) is 14.9. The molecule has 0 atom stereocenters. The largest absolute Gasteiger partial charge is 0.337 e. The summed E-state index contributed by atoms with van der Waals surface area (Å²) < 4.78 is 2.06. The number of amides is 1. The predicted octanol–water partition coefficient (Wildman–Crippen LogP) is 2.20. The van der Waals surface area contributed by atoms with E-state index in [1.807, 2.05) is 43.7 Å². The highest BCUT2D eigenvalue weighted by molar-refractivity contribution is 5.92. The number of rotatable bonds is 8. The van der Waals surface area contributed by atoms with Gasteiger partial charge in [0.25, 0.3) is 0 Å². The number of carbonyl (C=O) groups is 1. The molecular weight excluding hydrogens is 264 g/mol. The lowest BCUT2D eigenvalue weighted by molar-refractivity contribution is -0.115. The lowest BCUT2D eigenvalue weighted by Gasteiger charge is -2.09. The molecule has 0 fully saturated rings. The molecule has 0 unspecified atom stereocenters. The number of anilines is 1. The molecule has 0 saturated carbocycles. The molecule has 21 heavy (non-hydrogen) atoms. The summed E-state index contributed by atoms with van der Waals surface area (Å²) in [5.41, 5.74) is 1.95. The molecule has 0 aliphatic heterocycles. The van der Waals surface area contributed by atoms with Gasteiger partial charge in [-0.2, -0.15) is 0 Å². The van der Waals surface area contributed by atoms with Gasteiger partial charge in [0.15, 0.2) is 0 Å². The summed E-state index contributed by atoms with van der Waals surface area (Å²) in [6, 6.07) is 7.78. The molecule has 1 aromatic carbocycles. The quantitative estimate of drug-likeness (QED) is 0.731. The smallest absolute Gasteiger partial charge is 0.238 e. The highest BCUT2D eigenvalue weighted by atomic mass is 16.1. The van der Waals surface area contributed by atoms with Crippen LogP contribution in [0.3, 0.4) is 0 Å². The molecular formula is C16H22N4O. The van der Waals surface area contributed by atoms with E-state index in [1.54, 1.807) is 6.20 Å². The van der Waals surface area contributed by atoms with Crippen LogP contribution in [0.5, 0.6) is 0 Å². The molecule has 0 spiro atoms. The summed E-state index contributed by atoms with van der Waals surface area (Å²) in [4.78, 5) is 15.8. The maximum absolute atomic E-state index is 11.8. The van der Waals surface area contributed by atoms with Crippen molar-refractivity contribution in [3.05, 3.63) is 48.5 Å². The number of hydrogen-bond donors (Lipinski definition) is 2. The maximum atomic E-state index is 11.8. The predicted molar refractivity (Wildman–Crippen MR) is 84.1 cm³/mol. The topological polar surface area (TPSA) is 59.0 Å². The molecule has 1 heterocycles. The molecule has 5 heteroatoms. The second-order valence-electron chi connectivity index (χ2n) is 5.05. The summed E-state index contributed by atoms with van der Waals surface area (Å²) in [7, 11) is 0. The zero-order valence-corrected chi connectivity index (χ0v) is 12.4. The minimum Gasteiger partial charge on any atom is -0.337 e. The van der Waals surface area contributed by atoms with Gasteiger partial charge in [-0.25, -0.2) is 4.98 Å². The Hall–Kier alpha value is -2.14. The Morgan fingerprint density at radius 1 is 1.29 bits per heavy atom. The van der Waals surface area contributed by atoms with Crippen molar-refractivity contribution in [2.75, 3.05) is 18.4 Å². The van der Waals surface area contributed by atoms with Crippen LogP contribution in [-0.2, 0) is 11.3 Å². The minimum atomic E-state index is -0.00101. The van der Waals surface area contributed by atoms with E-state index in [2.05, 4.69) is 20.2 Å². The summed E-state index contributed by atoms with van der Waals surface area (Å²) in [6.07, 6.45) is 7.68. The molecule has 0 saturated heterocycles. The van der Waals surface area contributed by atoms with E-state index in [0.29, 0.717) is 6.54 Å². The number of nitrogens with zero attached hydrogens (tertiary/aromatic N) is 2. The Kier molecular flexibility index (Phi) is 5.97. The van der Waals surface area contributed by atoms with Crippen LogP contribution in [0.25, 0.3) is 0 Å². The molecule has 1 amide bonds. The third kappa shape index (κ3) is 5.39. The first-order chi connectivity index (χ1) is 10.3. The van der Waals surface area contributed by atoms with Crippen LogP contribution in [0.1, 0.15) is 18.4 Å². The Labute approximate surface area is 125 Å². The van der Waals surface area contributed by atoms with Gasteiger partial charge in [-0.05, 0) is 37.9 Å². The third-order valence-corrected chi connectivity index (χ3v) is 3.28.